The van der Waals surface area contributed by atoms with Gasteiger partial charge in [-0.15, -0.1) is 0 Å². The third kappa shape index (κ3) is 1.68. The maximum atomic E-state index is 11.3. The SMILES string of the molecule is CNc1ccc2c(c1)NS(=O)(=O)CC2. The summed E-state index contributed by atoms with van der Waals surface area (Å²) in [6, 6.07) is 5.70. The molecule has 2 N–H and O–H groups in total. The third-order valence-corrected chi connectivity index (χ3v) is 3.58. The van der Waals surface area contributed by atoms with Crippen LogP contribution in [-0.4, -0.2) is 21.2 Å². The van der Waals surface area contributed by atoms with Gasteiger partial charge in [0.05, 0.1) is 11.4 Å². The topological polar surface area (TPSA) is 58.2 Å². The monoisotopic (exact) mass is 212 g/mol. The van der Waals surface area contributed by atoms with Gasteiger partial charge in [0.1, 0.15) is 0 Å². The van der Waals surface area contributed by atoms with Gasteiger partial charge in [-0.05, 0) is 24.1 Å². The zero-order chi connectivity index (χ0) is 10.2. The lowest BCUT2D eigenvalue weighted by atomic mass is 10.1. The van der Waals surface area contributed by atoms with Crippen LogP contribution in [-0.2, 0) is 16.4 Å². The van der Waals surface area contributed by atoms with Crippen LogP contribution in [0.4, 0.5) is 11.4 Å². The van der Waals surface area contributed by atoms with Crippen LogP contribution in [0, 0.1) is 0 Å². The zero-order valence-electron chi connectivity index (χ0n) is 7.87. The van der Waals surface area contributed by atoms with E-state index < -0.39 is 10.0 Å². The summed E-state index contributed by atoms with van der Waals surface area (Å²) < 4.78 is 25.1. The van der Waals surface area contributed by atoms with Gasteiger partial charge in [0.25, 0.3) is 0 Å². The van der Waals surface area contributed by atoms with Crippen LogP contribution in [0.25, 0.3) is 0 Å². The summed E-state index contributed by atoms with van der Waals surface area (Å²) in [5, 5.41) is 2.97. The van der Waals surface area contributed by atoms with Gasteiger partial charge in [0, 0.05) is 12.7 Å². The number of benzene rings is 1. The number of sulfonamides is 1. The molecule has 0 saturated heterocycles. The van der Waals surface area contributed by atoms with Crippen molar-refractivity contribution < 1.29 is 8.42 Å². The van der Waals surface area contributed by atoms with Crippen LogP contribution in [0.2, 0.25) is 0 Å². The van der Waals surface area contributed by atoms with Gasteiger partial charge in [0.15, 0.2) is 0 Å². The first kappa shape index (κ1) is 9.33. The van der Waals surface area contributed by atoms with Gasteiger partial charge in [0.2, 0.25) is 10.0 Å². The van der Waals surface area contributed by atoms with Gasteiger partial charge in [-0.3, -0.25) is 4.72 Å². The summed E-state index contributed by atoms with van der Waals surface area (Å²) >= 11 is 0. The average Bonchev–Trinajstić information content (AvgIpc) is 2.15. The Morgan fingerprint density at radius 3 is 2.93 bits per heavy atom. The molecule has 1 aromatic carbocycles. The molecule has 76 valence electrons. The maximum Gasteiger partial charge on any atom is 0.233 e. The summed E-state index contributed by atoms with van der Waals surface area (Å²) in [5.74, 6) is 0.179. The second-order valence-electron chi connectivity index (χ2n) is 3.29. The van der Waals surface area contributed by atoms with Gasteiger partial charge in [-0.25, -0.2) is 8.42 Å². The molecular weight excluding hydrogens is 200 g/mol. The van der Waals surface area contributed by atoms with E-state index in [-0.39, 0.29) is 5.75 Å². The number of fused-ring (bicyclic) bond motifs is 1. The largest absolute Gasteiger partial charge is 0.388 e. The standard InChI is InChI=1S/C9H12N2O2S/c1-10-8-3-2-7-4-5-14(12,13)11-9(7)6-8/h2-3,6,10-11H,4-5H2,1H3. The van der Waals surface area contributed by atoms with Crippen molar-refractivity contribution in [3.05, 3.63) is 23.8 Å². The highest BCUT2D eigenvalue weighted by Crippen LogP contribution is 2.26. The summed E-state index contributed by atoms with van der Waals surface area (Å²) in [4.78, 5) is 0. The fraction of sp³-hybridized carbons (Fsp3) is 0.333. The van der Waals surface area contributed by atoms with Crippen LogP contribution in [0.3, 0.4) is 0 Å². The second kappa shape index (κ2) is 3.16. The fourth-order valence-corrected chi connectivity index (χ4v) is 2.62. The molecule has 4 nitrogen and oxygen atoms in total. The highest BCUT2D eigenvalue weighted by Gasteiger charge is 2.19. The average molecular weight is 212 g/mol. The van der Waals surface area contributed by atoms with Crippen molar-refractivity contribution in [1.29, 1.82) is 0 Å². The minimum atomic E-state index is -3.10. The molecular formula is C9H12N2O2S. The minimum absolute atomic E-state index is 0.179. The van der Waals surface area contributed by atoms with E-state index in [0.29, 0.717) is 12.1 Å². The molecule has 0 unspecified atom stereocenters. The van der Waals surface area contributed by atoms with E-state index in [1.54, 1.807) is 7.05 Å². The molecule has 14 heavy (non-hydrogen) atoms. The maximum absolute atomic E-state index is 11.3. The molecule has 1 aromatic rings. The smallest absolute Gasteiger partial charge is 0.233 e. The number of hydrogen-bond donors (Lipinski definition) is 2. The van der Waals surface area contributed by atoms with E-state index in [1.165, 1.54) is 0 Å². The van der Waals surface area contributed by atoms with Gasteiger partial charge < -0.3 is 5.32 Å². The molecule has 0 fully saturated rings. The molecule has 5 heteroatoms. The molecule has 0 aliphatic carbocycles. The molecule has 2 rings (SSSR count). The van der Waals surface area contributed by atoms with E-state index in [1.807, 2.05) is 18.2 Å². The van der Waals surface area contributed by atoms with Crippen LogP contribution in [0.5, 0.6) is 0 Å². The van der Waals surface area contributed by atoms with Crippen molar-refractivity contribution in [3.63, 3.8) is 0 Å². The minimum Gasteiger partial charge on any atom is -0.388 e. The molecule has 0 spiro atoms. The summed E-state index contributed by atoms with van der Waals surface area (Å²) in [5.41, 5.74) is 2.66. The highest BCUT2D eigenvalue weighted by atomic mass is 32.2. The molecule has 1 aliphatic heterocycles. The zero-order valence-corrected chi connectivity index (χ0v) is 8.69. The lowest BCUT2D eigenvalue weighted by molar-refractivity contribution is 0.599. The molecule has 1 aliphatic rings. The van der Waals surface area contributed by atoms with Crippen molar-refractivity contribution in [1.82, 2.24) is 0 Å². The quantitative estimate of drug-likeness (QED) is 0.731. The summed E-state index contributed by atoms with van der Waals surface area (Å²) in [6.45, 7) is 0. The van der Waals surface area contributed by atoms with Crippen LogP contribution in [0.1, 0.15) is 5.56 Å². The Labute approximate surface area is 83.4 Å². The van der Waals surface area contributed by atoms with E-state index in [0.717, 1.165) is 11.3 Å². The number of anilines is 2. The number of hydrogen-bond acceptors (Lipinski definition) is 3. The number of nitrogens with one attached hydrogen (secondary N) is 2. The highest BCUT2D eigenvalue weighted by molar-refractivity contribution is 7.92. The Bertz CT molecular complexity index is 454. The van der Waals surface area contributed by atoms with Crippen molar-refractivity contribution >= 4 is 21.4 Å². The van der Waals surface area contributed by atoms with E-state index >= 15 is 0 Å². The van der Waals surface area contributed by atoms with Gasteiger partial charge in [-0.1, -0.05) is 6.07 Å². The van der Waals surface area contributed by atoms with Gasteiger partial charge >= 0.3 is 0 Å². The molecule has 1 heterocycles. The van der Waals surface area contributed by atoms with Crippen molar-refractivity contribution in [2.24, 2.45) is 0 Å². The van der Waals surface area contributed by atoms with E-state index in [2.05, 4.69) is 10.0 Å². The fourth-order valence-electron chi connectivity index (χ4n) is 1.51. The second-order valence-corrected chi connectivity index (χ2v) is 5.13. The Balaban J connectivity index is 2.44. The Kier molecular flexibility index (Phi) is 2.11. The van der Waals surface area contributed by atoms with Crippen molar-refractivity contribution in [3.8, 4) is 0 Å². The Morgan fingerprint density at radius 1 is 1.43 bits per heavy atom. The first-order valence-corrected chi connectivity index (χ1v) is 6.07. The summed E-state index contributed by atoms with van der Waals surface area (Å²) in [7, 11) is -1.29. The van der Waals surface area contributed by atoms with Crippen LogP contribution in [0.15, 0.2) is 18.2 Å². The summed E-state index contributed by atoms with van der Waals surface area (Å²) in [6.07, 6.45) is 0.592. The van der Waals surface area contributed by atoms with E-state index in [9.17, 15) is 8.42 Å². The molecule has 0 aromatic heterocycles. The molecule has 0 bridgehead atoms. The first-order chi connectivity index (χ1) is 6.61. The van der Waals surface area contributed by atoms with Crippen LogP contribution >= 0.6 is 0 Å². The molecule has 0 radical (unpaired) electrons. The molecule has 0 amide bonds. The Morgan fingerprint density at radius 2 is 2.21 bits per heavy atom. The number of rotatable bonds is 1. The van der Waals surface area contributed by atoms with Crippen molar-refractivity contribution in [2.45, 2.75) is 6.42 Å². The number of aryl methyl sites for hydroxylation is 1. The lowest BCUT2D eigenvalue weighted by Gasteiger charge is -2.18. The van der Waals surface area contributed by atoms with E-state index in [4.69, 9.17) is 0 Å². The molecule has 0 saturated carbocycles. The molecule has 0 atom stereocenters. The Hall–Kier alpha value is -1.23. The van der Waals surface area contributed by atoms with Gasteiger partial charge in [-0.2, -0.15) is 0 Å². The lowest BCUT2D eigenvalue weighted by Crippen LogP contribution is -2.24. The predicted octanol–water partition coefficient (Wildman–Crippen LogP) is 1.03. The third-order valence-electron chi connectivity index (χ3n) is 2.30. The predicted molar refractivity (Wildman–Crippen MR) is 57.1 cm³/mol. The van der Waals surface area contributed by atoms with Crippen molar-refractivity contribution in [2.75, 3.05) is 22.8 Å². The normalized spacial score (nSPS) is 18.1. The van der Waals surface area contributed by atoms with Crippen LogP contribution < -0.4 is 10.0 Å². The first-order valence-electron chi connectivity index (χ1n) is 4.42.